The summed E-state index contributed by atoms with van der Waals surface area (Å²) in [6.45, 7) is 0.142. The molecule has 2 aliphatic heterocycles. The molecule has 2 aromatic carbocycles. The van der Waals surface area contributed by atoms with Gasteiger partial charge < -0.3 is 24.1 Å². The van der Waals surface area contributed by atoms with Crippen molar-refractivity contribution in [3.63, 3.8) is 0 Å². The number of carbonyl (C=O) groups is 3. The Hall–Kier alpha value is -4.14. The molecule has 45 heavy (non-hydrogen) atoms. The van der Waals surface area contributed by atoms with Gasteiger partial charge in [-0.15, -0.1) is 0 Å². The molecule has 0 radical (unpaired) electrons. The van der Waals surface area contributed by atoms with Gasteiger partial charge in [-0.05, 0) is 73.6 Å². The van der Waals surface area contributed by atoms with Crippen LogP contribution in [-0.2, 0) is 43.1 Å². The molecule has 0 unspecified atom stereocenters. The summed E-state index contributed by atoms with van der Waals surface area (Å²) < 4.78 is 17.5. The number of para-hydroxylation sites is 1. The van der Waals surface area contributed by atoms with E-state index >= 15 is 0 Å². The number of nitrogens with zero attached hydrogens (tertiary/aromatic N) is 1. The van der Waals surface area contributed by atoms with Gasteiger partial charge in [0.05, 0.1) is 37.1 Å². The monoisotopic (exact) mass is 612 g/mol. The molecule has 1 saturated carbocycles. The second-order valence-electron chi connectivity index (χ2n) is 13.2. The van der Waals surface area contributed by atoms with Crippen LogP contribution < -0.4 is 10.2 Å². The maximum absolute atomic E-state index is 14.5. The molecule has 3 aromatic rings. The van der Waals surface area contributed by atoms with Crippen LogP contribution in [0.2, 0.25) is 0 Å². The number of hydrogen-bond acceptors (Lipinski definition) is 7. The van der Waals surface area contributed by atoms with Gasteiger partial charge in [-0.1, -0.05) is 49.2 Å². The number of aromatic amines is 1. The zero-order valence-corrected chi connectivity index (χ0v) is 25.7. The second kappa shape index (κ2) is 12.3. The lowest BCUT2D eigenvalue weighted by molar-refractivity contribution is -0.156. The van der Waals surface area contributed by atoms with Crippen molar-refractivity contribution < 1.29 is 28.6 Å². The number of rotatable bonds is 2. The molecule has 9 heteroatoms. The number of fused-ring (bicyclic) bond motifs is 6. The van der Waals surface area contributed by atoms with Crippen LogP contribution in [0.15, 0.2) is 53.3 Å². The summed E-state index contributed by atoms with van der Waals surface area (Å²) >= 11 is 0. The van der Waals surface area contributed by atoms with Gasteiger partial charge in [0.15, 0.2) is 11.3 Å². The molecule has 2 aliphatic carbocycles. The van der Waals surface area contributed by atoms with Crippen molar-refractivity contribution >= 4 is 28.7 Å². The van der Waals surface area contributed by atoms with Crippen molar-refractivity contribution in [3.05, 3.63) is 75.4 Å². The number of aromatic nitrogens is 1. The van der Waals surface area contributed by atoms with Crippen LogP contribution in [0.5, 0.6) is 5.88 Å². The largest absolute Gasteiger partial charge is 0.473 e. The Morgan fingerprint density at radius 3 is 2.42 bits per heavy atom. The summed E-state index contributed by atoms with van der Waals surface area (Å²) in [5, 5.41) is 0.612. The van der Waals surface area contributed by atoms with Gasteiger partial charge in [-0.3, -0.25) is 14.4 Å². The second-order valence-corrected chi connectivity index (χ2v) is 13.2. The predicted octanol–water partition coefficient (Wildman–Crippen LogP) is 4.52. The van der Waals surface area contributed by atoms with Gasteiger partial charge in [-0.25, -0.2) is 4.79 Å². The number of methoxy groups -OCH3 is 1. The zero-order chi connectivity index (χ0) is 31.1. The minimum atomic E-state index is -0.861. The highest BCUT2D eigenvalue weighted by atomic mass is 16.5. The molecule has 1 amide bonds. The Morgan fingerprint density at radius 1 is 0.889 bits per heavy atom. The Morgan fingerprint density at radius 2 is 1.64 bits per heavy atom. The van der Waals surface area contributed by atoms with Gasteiger partial charge >= 0.3 is 11.9 Å². The number of carbonyl (C=O) groups excluding carboxylic acids is 3. The van der Waals surface area contributed by atoms with E-state index in [2.05, 4.69) is 17.1 Å². The van der Waals surface area contributed by atoms with E-state index in [9.17, 15) is 19.2 Å². The minimum Gasteiger partial charge on any atom is -0.473 e. The topological polar surface area (TPSA) is 115 Å². The number of pyridine rings is 1. The van der Waals surface area contributed by atoms with E-state index in [1.807, 2.05) is 36.4 Å². The predicted molar refractivity (Wildman–Crippen MR) is 167 cm³/mol. The van der Waals surface area contributed by atoms with E-state index in [1.165, 1.54) is 18.2 Å². The molecule has 9 nitrogen and oxygen atoms in total. The highest BCUT2D eigenvalue weighted by Gasteiger charge is 2.47. The molecule has 1 N–H and O–H groups in total. The molecular formula is C36H40N2O7. The van der Waals surface area contributed by atoms with Crippen LogP contribution in [0, 0.1) is 17.8 Å². The summed E-state index contributed by atoms with van der Waals surface area (Å²) in [5.41, 5.74) is 3.59. The highest BCUT2D eigenvalue weighted by Crippen LogP contribution is 2.40. The summed E-state index contributed by atoms with van der Waals surface area (Å²) in [4.78, 5) is 59.4. The first-order chi connectivity index (χ1) is 21.9. The van der Waals surface area contributed by atoms with E-state index in [0.29, 0.717) is 47.5 Å². The third-order valence-corrected chi connectivity index (χ3v) is 10.3. The van der Waals surface area contributed by atoms with Gasteiger partial charge in [-0.2, -0.15) is 0 Å². The van der Waals surface area contributed by atoms with E-state index in [4.69, 9.17) is 14.2 Å². The third kappa shape index (κ3) is 5.97. The third-order valence-electron chi connectivity index (χ3n) is 10.3. The quantitative estimate of drug-likeness (QED) is 0.424. The Balaban J connectivity index is 1.23. The van der Waals surface area contributed by atoms with Crippen molar-refractivity contribution in [2.75, 3.05) is 13.7 Å². The Labute approximate surface area is 262 Å². The summed E-state index contributed by atoms with van der Waals surface area (Å²) in [6, 6.07) is 14.7. The number of esters is 2. The number of amides is 1. The van der Waals surface area contributed by atoms with Crippen molar-refractivity contribution in [1.82, 2.24) is 9.88 Å². The standard InChI is InChI=1S/C36H40N2O7/c1-43-36(42)30-18-25-20-38(30)35(41)28(24-15-21-9-5-6-10-22(21)16-24)19-32(39)45-31-17-23(31)11-3-2-4-13-27-33(40)26-12-7-8-14-29(26)37-34(27)44-25/h5-10,12,14,23-25,28,30-31H,2-4,11,13,15-20H2,1H3,(H,37,40)/t23-,25-,28+,30+,31-/m1/s1. The van der Waals surface area contributed by atoms with E-state index in [1.54, 1.807) is 4.90 Å². The van der Waals surface area contributed by atoms with Crippen molar-refractivity contribution in [1.29, 1.82) is 0 Å². The van der Waals surface area contributed by atoms with E-state index in [-0.39, 0.29) is 48.7 Å². The molecule has 1 saturated heterocycles. The van der Waals surface area contributed by atoms with Crippen molar-refractivity contribution in [2.24, 2.45) is 17.8 Å². The summed E-state index contributed by atoms with van der Waals surface area (Å²) in [7, 11) is 1.31. The fourth-order valence-corrected chi connectivity index (χ4v) is 7.73. The molecule has 2 fully saturated rings. The van der Waals surface area contributed by atoms with Crippen LogP contribution in [0.3, 0.4) is 0 Å². The van der Waals surface area contributed by atoms with Gasteiger partial charge in [0, 0.05) is 11.8 Å². The van der Waals surface area contributed by atoms with Crippen LogP contribution in [0.4, 0.5) is 0 Å². The molecule has 3 heterocycles. The maximum atomic E-state index is 14.5. The van der Waals surface area contributed by atoms with Crippen LogP contribution in [-0.4, -0.2) is 59.6 Å². The van der Waals surface area contributed by atoms with Crippen molar-refractivity contribution in [3.8, 4) is 5.88 Å². The Kier molecular flexibility index (Phi) is 8.10. The lowest BCUT2D eigenvalue weighted by Gasteiger charge is -2.30. The first-order valence-corrected chi connectivity index (χ1v) is 16.3. The van der Waals surface area contributed by atoms with Gasteiger partial charge in [0.1, 0.15) is 18.2 Å². The lowest BCUT2D eigenvalue weighted by atomic mass is 9.85. The van der Waals surface area contributed by atoms with Gasteiger partial charge in [0.25, 0.3) is 0 Å². The number of ether oxygens (including phenoxy) is 3. The molecule has 7 rings (SSSR count). The molecule has 2 bridgehead atoms. The normalized spacial score (nSPS) is 27.4. The SMILES string of the molecule is COC(=O)[C@@H]1C[C@@H]2CN1C(=O)[C@H](C1Cc3ccccc3C1)CC(=O)O[C@@H]1C[C@H]1CCCCCc1c([nH]c3ccccc3c1=O)O2. The summed E-state index contributed by atoms with van der Waals surface area (Å²) in [6.07, 6.45) is 6.03. The fourth-order valence-electron chi connectivity index (χ4n) is 7.73. The van der Waals surface area contributed by atoms with Crippen LogP contribution >= 0.6 is 0 Å². The van der Waals surface area contributed by atoms with Gasteiger partial charge in [0.2, 0.25) is 5.91 Å². The zero-order valence-electron chi connectivity index (χ0n) is 25.7. The number of nitrogens with one attached hydrogen (secondary N) is 1. The minimum absolute atomic E-state index is 0.0290. The van der Waals surface area contributed by atoms with E-state index in [0.717, 1.165) is 32.1 Å². The molecule has 5 atom stereocenters. The average molecular weight is 613 g/mol. The number of H-pyrrole nitrogens is 1. The average Bonchev–Trinajstić information content (AvgIpc) is 3.42. The first kappa shape index (κ1) is 29.6. The molecular weight excluding hydrogens is 572 g/mol. The van der Waals surface area contributed by atoms with Crippen molar-refractivity contribution in [2.45, 2.75) is 82.5 Å². The fraction of sp³-hybridized carbons (Fsp3) is 0.500. The number of hydrogen-bond donors (Lipinski definition) is 1. The van der Waals surface area contributed by atoms with E-state index < -0.39 is 24.0 Å². The molecule has 0 spiro atoms. The molecule has 236 valence electrons. The highest BCUT2D eigenvalue weighted by molar-refractivity contribution is 5.89. The Bertz CT molecular complexity index is 1660. The van der Waals surface area contributed by atoms with Crippen LogP contribution in [0.25, 0.3) is 10.9 Å². The lowest BCUT2D eigenvalue weighted by Crippen LogP contribution is -2.46. The number of benzene rings is 2. The summed E-state index contributed by atoms with van der Waals surface area (Å²) in [5.74, 6) is -1.14. The molecule has 4 aliphatic rings. The molecule has 1 aromatic heterocycles. The maximum Gasteiger partial charge on any atom is 0.328 e. The van der Waals surface area contributed by atoms with Crippen LogP contribution in [0.1, 0.15) is 61.6 Å². The first-order valence-electron chi connectivity index (χ1n) is 16.3. The smallest absolute Gasteiger partial charge is 0.328 e.